The Morgan fingerprint density at radius 1 is 1.32 bits per heavy atom. The van der Waals surface area contributed by atoms with Gasteiger partial charge in [-0.1, -0.05) is 13.3 Å². The molecule has 3 rings (SSSR count). The second kappa shape index (κ2) is 5.29. The van der Waals surface area contributed by atoms with Crippen molar-refractivity contribution in [3.05, 3.63) is 29.8 Å². The summed E-state index contributed by atoms with van der Waals surface area (Å²) in [6.07, 6.45) is 7.87. The van der Waals surface area contributed by atoms with Crippen molar-refractivity contribution in [2.24, 2.45) is 5.92 Å². The van der Waals surface area contributed by atoms with Crippen LogP contribution < -0.4 is 0 Å². The molecule has 0 aliphatic carbocycles. The average molecular weight is 258 g/mol. The molecule has 3 heterocycles. The van der Waals surface area contributed by atoms with Gasteiger partial charge in [-0.3, -0.25) is 9.30 Å². The molecule has 19 heavy (non-hydrogen) atoms. The van der Waals surface area contributed by atoms with Crippen LogP contribution in [-0.4, -0.2) is 32.4 Å². The van der Waals surface area contributed by atoms with E-state index in [0.717, 1.165) is 23.9 Å². The fourth-order valence-electron chi connectivity index (χ4n) is 3.00. The molecule has 0 saturated carbocycles. The van der Waals surface area contributed by atoms with Crippen LogP contribution in [0, 0.1) is 12.8 Å². The van der Waals surface area contributed by atoms with Gasteiger partial charge in [0.2, 0.25) is 5.78 Å². The maximum atomic E-state index is 4.53. The van der Waals surface area contributed by atoms with Crippen LogP contribution in [0.5, 0.6) is 0 Å². The van der Waals surface area contributed by atoms with Gasteiger partial charge in [-0.15, -0.1) is 0 Å². The van der Waals surface area contributed by atoms with Crippen LogP contribution in [0.25, 0.3) is 5.78 Å². The number of aromatic nitrogens is 3. The molecule has 0 amide bonds. The number of piperidine rings is 1. The normalized spacial score (nSPS) is 18.2. The Labute approximate surface area is 114 Å². The number of aryl methyl sites for hydroxylation is 1. The monoisotopic (exact) mass is 258 g/mol. The summed E-state index contributed by atoms with van der Waals surface area (Å²) in [6.45, 7) is 7.81. The summed E-state index contributed by atoms with van der Waals surface area (Å²) in [5.74, 6) is 1.75. The van der Waals surface area contributed by atoms with Gasteiger partial charge in [0.1, 0.15) is 0 Å². The average Bonchev–Trinajstić information content (AvgIpc) is 2.76. The lowest BCUT2D eigenvalue weighted by atomic mass is 9.94. The third kappa shape index (κ3) is 2.50. The molecular weight excluding hydrogens is 236 g/mol. The molecule has 0 atom stereocenters. The topological polar surface area (TPSA) is 33.4 Å². The number of nitrogens with zero attached hydrogens (tertiary/aromatic N) is 4. The minimum Gasteiger partial charge on any atom is -0.297 e. The number of hydrogen-bond acceptors (Lipinski definition) is 3. The Morgan fingerprint density at radius 3 is 2.84 bits per heavy atom. The van der Waals surface area contributed by atoms with Crippen LogP contribution in [0.4, 0.5) is 0 Å². The Balaban J connectivity index is 1.77. The molecular formula is C15H22N4. The minimum atomic E-state index is 0.818. The lowest BCUT2D eigenvalue weighted by molar-refractivity contribution is 0.172. The number of fused-ring (bicyclic) bond motifs is 1. The van der Waals surface area contributed by atoms with E-state index < -0.39 is 0 Å². The van der Waals surface area contributed by atoms with Gasteiger partial charge in [-0.05, 0) is 44.8 Å². The lowest BCUT2D eigenvalue weighted by Crippen LogP contribution is -2.33. The number of hydrogen-bond donors (Lipinski definition) is 0. The van der Waals surface area contributed by atoms with E-state index in [2.05, 4.69) is 39.3 Å². The largest absolute Gasteiger partial charge is 0.297 e. The van der Waals surface area contributed by atoms with Crippen molar-refractivity contribution in [2.45, 2.75) is 39.7 Å². The van der Waals surface area contributed by atoms with Crippen LogP contribution in [0.3, 0.4) is 0 Å². The van der Waals surface area contributed by atoms with E-state index in [4.69, 9.17) is 0 Å². The molecule has 0 N–H and O–H groups in total. The molecule has 1 saturated heterocycles. The third-order valence-electron chi connectivity index (χ3n) is 4.36. The van der Waals surface area contributed by atoms with Gasteiger partial charge in [0.05, 0.1) is 11.4 Å². The quantitative estimate of drug-likeness (QED) is 0.848. The van der Waals surface area contributed by atoms with E-state index in [-0.39, 0.29) is 0 Å². The molecule has 1 fully saturated rings. The van der Waals surface area contributed by atoms with Gasteiger partial charge in [-0.2, -0.15) is 0 Å². The van der Waals surface area contributed by atoms with Gasteiger partial charge in [-0.25, -0.2) is 9.97 Å². The Bertz CT molecular complexity index is 552. The zero-order valence-corrected chi connectivity index (χ0v) is 11.8. The third-order valence-corrected chi connectivity index (χ3v) is 4.36. The number of imidazole rings is 1. The SMILES string of the molecule is CCC1CCN(Cc2c(C)nc3ncccn23)CC1. The predicted octanol–water partition coefficient (Wildman–Crippen LogP) is 2.66. The van der Waals surface area contributed by atoms with Crippen molar-refractivity contribution in [3.8, 4) is 0 Å². The molecule has 102 valence electrons. The molecule has 2 aromatic heterocycles. The highest BCUT2D eigenvalue weighted by atomic mass is 15.2. The second-order valence-electron chi connectivity index (χ2n) is 5.56. The van der Waals surface area contributed by atoms with Gasteiger partial charge < -0.3 is 0 Å². The predicted molar refractivity (Wildman–Crippen MR) is 76.0 cm³/mol. The summed E-state index contributed by atoms with van der Waals surface area (Å²) in [7, 11) is 0. The van der Waals surface area contributed by atoms with Crippen molar-refractivity contribution >= 4 is 5.78 Å². The molecule has 1 aliphatic rings. The van der Waals surface area contributed by atoms with E-state index in [1.54, 1.807) is 6.20 Å². The number of rotatable bonds is 3. The first-order valence-corrected chi connectivity index (χ1v) is 7.29. The molecule has 4 heteroatoms. The highest BCUT2D eigenvalue weighted by Gasteiger charge is 2.20. The summed E-state index contributed by atoms with van der Waals surface area (Å²) in [4.78, 5) is 11.4. The van der Waals surface area contributed by atoms with E-state index >= 15 is 0 Å². The first-order chi connectivity index (χ1) is 9.28. The minimum absolute atomic E-state index is 0.818. The van der Waals surface area contributed by atoms with Crippen molar-refractivity contribution in [2.75, 3.05) is 13.1 Å². The molecule has 0 aromatic carbocycles. The van der Waals surface area contributed by atoms with Crippen LogP contribution in [-0.2, 0) is 6.54 Å². The summed E-state index contributed by atoms with van der Waals surface area (Å²) in [6, 6.07) is 1.97. The van der Waals surface area contributed by atoms with E-state index in [9.17, 15) is 0 Å². The molecule has 0 radical (unpaired) electrons. The molecule has 1 aliphatic heterocycles. The fraction of sp³-hybridized carbons (Fsp3) is 0.600. The van der Waals surface area contributed by atoms with Gasteiger partial charge >= 0.3 is 0 Å². The van der Waals surface area contributed by atoms with Gasteiger partial charge in [0.15, 0.2) is 0 Å². The first kappa shape index (κ1) is 12.6. The van der Waals surface area contributed by atoms with E-state index in [1.807, 2.05) is 6.07 Å². The van der Waals surface area contributed by atoms with Crippen molar-refractivity contribution in [1.82, 2.24) is 19.3 Å². The maximum absolute atomic E-state index is 4.53. The molecule has 2 aromatic rings. The Hall–Kier alpha value is -1.42. The van der Waals surface area contributed by atoms with Crippen LogP contribution in [0.1, 0.15) is 37.6 Å². The summed E-state index contributed by atoms with van der Waals surface area (Å²) >= 11 is 0. The Morgan fingerprint density at radius 2 is 2.11 bits per heavy atom. The lowest BCUT2D eigenvalue weighted by Gasteiger charge is -2.31. The summed E-state index contributed by atoms with van der Waals surface area (Å²) in [5, 5.41) is 0. The fourth-order valence-corrected chi connectivity index (χ4v) is 3.00. The van der Waals surface area contributed by atoms with Crippen molar-refractivity contribution in [1.29, 1.82) is 0 Å². The summed E-state index contributed by atoms with van der Waals surface area (Å²) < 4.78 is 2.13. The van der Waals surface area contributed by atoms with Crippen molar-refractivity contribution < 1.29 is 0 Å². The van der Waals surface area contributed by atoms with Gasteiger partial charge in [0, 0.05) is 18.9 Å². The highest BCUT2D eigenvalue weighted by Crippen LogP contribution is 2.22. The molecule has 0 bridgehead atoms. The zero-order valence-electron chi connectivity index (χ0n) is 11.8. The Kier molecular flexibility index (Phi) is 3.51. The van der Waals surface area contributed by atoms with Crippen LogP contribution in [0.2, 0.25) is 0 Å². The molecule has 0 spiro atoms. The number of likely N-dealkylation sites (tertiary alicyclic amines) is 1. The smallest absolute Gasteiger partial charge is 0.234 e. The maximum Gasteiger partial charge on any atom is 0.234 e. The van der Waals surface area contributed by atoms with Gasteiger partial charge in [0.25, 0.3) is 0 Å². The molecule has 4 nitrogen and oxygen atoms in total. The van der Waals surface area contributed by atoms with Crippen LogP contribution >= 0.6 is 0 Å². The highest BCUT2D eigenvalue weighted by molar-refractivity contribution is 5.34. The van der Waals surface area contributed by atoms with Crippen LogP contribution in [0.15, 0.2) is 18.5 Å². The van der Waals surface area contributed by atoms with Crippen molar-refractivity contribution in [3.63, 3.8) is 0 Å². The second-order valence-corrected chi connectivity index (χ2v) is 5.56. The standard InChI is InChI=1S/C15H22N4/c1-3-13-5-9-18(10-6-13)11-14-12(2)17-15-16-7-4-8-19(14)15/h4,7-8,13H,3,5-6,9-11H2,1-2H3. The van der Waals surface area contributed by atoms with E-state index in [1.165, 1.54) is 38.0 Å². The first-order valence-electron chi connectivity index (χ1n) is 7.29. The summed E-state index contributed by atoms with van der Waals surface area (Å²) in [5.41, 5.74) is 2.40. The van der Waals surface area contributed by atoms with E-state index in [0.29, 0.717) is 0 Å². The zero-order chi connectivity index (χ0) is 13.2. The molecule has 0 unspecified atom stereocenters.